The van der Waals surface area contributed by atoms with Gasteiger partial charge in [-0.25, -0.2) is 14.8 Å². The van der Waals surface area contributed by atoms with E-state index in [1.807, 2.05) is 37.3 Å². The lowest BCUT2D eigenvalue weighted by Crippen LogP contribution is -2.12. The number of carbonyl (C=O) groups excluding carboxylic acids is 1. The second-order valence-corrected chi connectivity index (χ2v) is 6.58. The van der Waals surface area contributed by atoms with Gasteiger partial charge in [0.1, 0.15) is 6.10 Å². The number of ether oxygens (including phenoxy) is 2. The van der Waals surface area contributed by atoms with Crippen molar-refractivity contribution in [3.63, 3.8) is 0 Å². The molecule has 146 valence electrons. The second kappa shape index (κ2) is 12.0. The molecule has 0 bridgehead atoms. The van der Waals surface area contributed by atoms with Gasteiger partial charge in [0.25, 0.3) is 0 Å². The Bertz CT molecular complexity index is 659. The van der Waals surface area contributed by atoms with Crippen LogP contribution in [0.5, 0.6) is 6.01 Å². The number of benzene rings is 1. The van der Waals surface area contributed by atoms with Crippen LogP contribution in [0.3, 0.4) is 0 Å². The maximum atomic E-state index is 12.3. The Hall–Kier alpha value is -2.43. The molecule has 2 rings (SSSR count). The van der Waals surface area contributed by atoms with Crippen molar-refractivity contribution >= 4 is 5.97 Å². The van der Waals surface area contributed by atoms with Gasteiger partial charge in [0.05, 0.1) is 12.2 Å². The number of esters is 1. The summed E-state index contributed by atoms with van der Waals surface area (Å²) in [5.41, 5.74) is 1.31. The van der Waals surface area contributed by atoms with Gasteiger partial charge < -0.3 is 9.47 Å². The summed E-state index contributed by atoms with van der Waals surface area (Å²) in [6, 6.07) is 10.0. The molecular formula is C22H30N2O3. The van der Waals surface area contributed by atoms with Crippen molar-refractivity contribution in [3.8, 4) is 6.01 Å². The van der Waals surface area contributed by atoms with E-state index in [4.69, 9.17) is 9.47 Å². The fourth-order valence-corrected chi connectivity index (χ4v) is 2.79. The maximum Gasteiger partial charge on any atom is 0.341 e. The van der Waals surface area contributed by atoms with E-state index in [-0.39, 0.29) is 6.10 Å². The normalized spacial score (nSPS) is 11.8. The van der Waals surface area contributed by atoms with Crippen LogP contribution in [0.15, 0.2) is 42.7 Å². The van der Waals surface area contributed by atoms with Gasteiger partial charge in [-0.15, -0.1) is 0 Å². The molecule has 0 N–H and O–H groups in total. The van der Waals surface area contributed by atoms with Gasteiger partial charge in [0, 0.05) is 12.4 Å². The predicted octanol–water partition coefficient (Wildman–Crippen LogP) is 5.52. The fourth-order valence-electron chi connectivity index (χ4n) is 2.79. The molecule has 5 heteroatoms. The molecule has 0 aliphatic heterocycles. The van der Waals surface area contributed by atoms with E-state index in [9.17, 15) is 4.79 Å². The summed E-state index contributed by atoms with van der Waals surface area (Å²) in [5, 5.41) is 0. The number of carbonyl (C=O) groups is 1. The number of hydrogen-bond donors (Lipinski definition) is 0. The van der Waals surface area contributed by atoms with Gasteiger partial charge in [-0.2, -0.15) is 0 Å². The molecule has 0 amide bonds. The molecular weight excluding hydrogens is 340 g/mol. The highest BCUT2D eigenvalue weighted by Crippen LogP contribution is 2.22. The standard InChI is InChI=1S/C22H30N2O3/c1-3-5-6-7-8-12-15-26-22-23-16-19(17-24-22)21(25)27-20(4-2)18-13-10-9-11-14-18/h9-11,13-14,16-17,20H,3-8,12,15H2,1-2H3. The largest absolute Gasteiger partial charge is 0.463 e. The van der Waals surface area contributed by atoms with E-state index >= 15 is 0 Å². The van der Waals surface area contributed by atoms with Crippen LogP contribution in [0.4, 0.5) is 0 Å². The zero-order chi connectivity index (χ0) is 19.3. The molecule has 2 aromatic rings. The first-order chi connectivity index (χ1) is 13.2. The van der Waals surface area contributed by atoms with Gasteiger partial charge in [-0.05, 0) is 18.4 Å². The summed E-state index contributed by atoms with van der Waals surface area (Å²) >= 11 is 0. The van der Waals surface area contributed by atoms with E-state index in [1.165, 1.54) is 38.1 Å². The third-order valence-corrected chi connectivity index (χ3v) is 4.38. The first-order valence-electron chi connectivity index (χ1n) is 9.95. The minimum Gasteiger partial charge on any atom is -0.463 e. The summed E-state index contributed by atoms with van der Waals surface area (Å²) in [5.74, 6) is -0.423. The molecule has 0 saturated heterocycles. The van der Waals surface area contributed by atoms with E-state index in [1.54, 1.807) is 0 Å². The average molecular weight is 370 g/mol. The molecule has 0 aliphatic carbocycles. The third kappa shape index (κ3) is 7.37. The van der Waals surface area contributed by atoms with Crippen molar-refractivity contribution in [3.05, 3.63) is 53.9 Å². The van der Waals surface area contributed by atoms with Gasteiger partial charge in [-0.1, -0.05) is 76.3 Å². The van der Waals surface area contributed by atoms with Crippen molar-refractivity contribution in [2.24, 2.45) is 0 Å². The molecule has 1 aromatic carbocycles. The summed E-state index contributed by atoms with van der Waals surface area (Å²) in [6.07, 6.45) is 10.6. The highest BCUT2D eigenvalue weighted by molar-refractivity contribution is 5.88. The minimum absolute atomic E-state index is 0.276. The van der Waals surface area contributed by atoms with Gasteiger partial charge in [0.15, 0.2) is 0 Å². The maximum absolute atomic E-state index is 12.3. The second-order valence-electron chi connectivity index (χ2n) is 6.58. The molecule has 5 nitrogen and oxygen atoms in total. The third-order valence-electron chi connectivity index (χ3n) is 4.38. The molecule has 0 fully saturated rings. The van der Waals surface area contributed by atoms with Crippen molar-refractivity contribution < 1.29 is 14.3 Å². The number of hydrogen-bond acceptors (Lipinski definition) is 5. The summed E-state index contributed by atoms with van der Waals surface area (Å²) in [4.78, 5) is 20.6. The topological polar surface area (TPSA) is 61.3 Å². The van der Waals surface area contributed by atoms with Crippen LogP contribution in [0, 0.1) is 0 Å². The quantitative estimate of drug-likeness (QED) is 0.363. The van der Waals surface area contributed by atoms with Crippen molar-refractivity contribution in [1.82, 2.24) is 9.97 Å². The lowest BCUT2D eigenvalue weighted by atomic mass is 10.1. The van der Waals surface area contributed by atoms with Gasteiger partial charge in [-0.3, -0.25) is 0 Å². The molecule has 1 unspecified atom stereocenters. The number of rotatable bonds is 12. The monoisotopic (exact) mass is 370 g/mol. The number of unbranched alkanes of at least 4 members (excludes halogenated alkanes) is 5. The molecule has 1 heterocycles. The Labute approximate surface area is 162 Å². The van der Waals surface area contributed by atoms with E-state index < -0.39 is 5.97 Å². The lowest BCUT2D eigenvalue weighted by molar-refractivity contribution is 0.0286. The molecule has 0 aliphatic rings. The van der Waals surface area contributed by atoms with Crippen LogP contribution in [-0.2, 0) is 4.74 Å². The first kappa shape index (κ1) is 20.9. The van der Waals surface area contributed by atoms with Gasteiger partial charge >= 0.3 is 12.0 Å². The van der Waals surface area contributed by atoms with Crippen LogP contribution >= 0.6 is 0 Å². The van der Waals surface area contributed by atoms with Crippen molar-refractivity contribution in [2.75, 3.05) is 6.61 Å². The number of aromatic nitrogens is 2. The highest BCUT2D eigenvalue weighted by atomic mass is 16.5. The van der Waals surface area contributed by atoms with Crippen molar-refractivity contribution in [1.29, 1.82) is 0 Å². The van der Waals surface area contributed by atoms with E-state index in [0.717, 1.165) is 18.4 Å². The van der Waals surface area contributed by atoms with Crippen LogP contribution in [-0.4, -0.2) is 22.5 Å². The fraction of sp³-hybridized carbons (Fsp3) is 0.500. The lowest BCUT2D eigenvalue weighted by Gasteiger charge is -2.16. The van der Waals surface area contributed by atoms with E-state index in [0.29, 0.717) is 24.6 Å². The Balaban J connectivity index is 1.77. The summed E-state index contributed by atoms with van der Waals surface area (Å²) in [6.45, 7) is 4.80. The molecule has 1 atom stereocenters. The Morgan fingerprint density at radius 1 is 0.963 bits per heavy atom. The summed E-state index contributed by atoms with van der Waals surface area (Å²) < 4.78 is 11.1. The van der Waals surface area contributed by atoms with Crippen LogP contribution in [0.2, 0.25) is 0 Å². The van der Waals surface area contributed by atoms with Crippen LogP contribution < -0.4 is 4.74 Å². The Kier molecular flexibility index (Phi) is 9.31. The smallest absolute Gasteiger partial charge is 0.341 e. The molecule has 1 aromatic heterocycles. The van der Waals surface area contributed by atoms with Crippen LogP contribution in [0.25, 0.3) is 0 Å². The van der Waals surface area contributed by atoms with Crippen LogP contribution in [0.1, 0.15) is 80.8 Å². The average Bonchev–Trinajstić information content (AvgIpc) is 2.72. The SMILES string of the molecule is CCCCCCCCOc1ncc(C(=O)OC(CC)c2ccccc2)cn1. The molecule has 27 heavy (non-hydrogen) atoms. The van der Waals surface area contributed by atoms with E-state index in [2.05, 4.69) is 16.9 Å². The Morgan fingerprint density at radius 3 is 2.30 bits per heavy atom. The first-order valence-corrected chi connectivity index (χ1v) is 9.95. The molecule has 0 saturated carbocycles. The molecule has 0 spiro atoms. The molecule has 0 radical (unpaired) electrons. The van der Waals surface area contributed by atoms with Crippen molar-refractivity contribution in [2.45, 2.75) is 64.9 Å². The highest BCUT2D eigenvalue weighted by Gasteiger charge is 2.17. The van der Waals surface area contributed by atoms with Gasteiger partial charge in [0.2, 0.25) is 0 Å². The predicted molar refractivity (Wildman–Crippen MR) is 106 cm³/mol. The zero-order valence-electron chi connectivity index (χ0n) is 16.4. The zero-order valence-corrected chi connectivity index (χ0v) is 16.4. The number of nitrogens with zero attached hydrogens (tertiary/aromatic N) is 2. The Morgan fingerprint density at radius 2 is 1.63 bits per heavy atom. The summed E-state index contributed by atoms with van der Waals surface area (Å²) in [7, 11) is 0. The minimum atomic E-state index is -0.423.